The molecule has 0 fully saturated rings. The molecule has 6 heteroatoms. The molecule has 0 spiro atoms. The predicted molar refractivity (Wildman–Crippen MR) is 99.6 cm³/mol. The third kappa shape index (κ3) is 4.22. The first-order valence-electron chi connectivity index (χ1n) is 8.40. The third-order valence-corrected chi connectivity index (χ3v) is 4.05. The highest BCUT2D eigenvalue weighted by molar-refractivity contribution is 5.90. The van der Waals surface area contributed by atoms with Crippen molar-refractivity contribution in [3.05, 3.63) is 65.9 Å². The van der Waals surface area contributed by atoms with E-state index in [1.807, 2.05) is 43.3 Å². The zero-order chi connectivity index (χ0) is 18.5. The molecule has 6 nitrogen and oxygen atoms in total. The lowest BCUT2D eigenvalue weighted by Gasteiger charge is -2.15. The zero-order valence-corrected chi connectivity index (χ0v) is 14.7. The summed E-state index contributed by atoms with van der Waals surface area (Å²) < 4.78 is 5.56. The Morgan fingerprint density at radius 1 is 1.08 bits per heavy atom. The minimum Gasteiger partial charge on any atom is -0.481 e. The molecular formula is C20H21N3O3. The SMILES string of the molecule is Cc1ccc(OC(C)C(=O)NNC(=O)Cc2c[nH]c3ccccc23)cc1. The Bertz CT molecular complexity index is 915. The number of fused-ring (bicyclic) bond motifs is 1. The van der Waals surface area contributed by atoms with E-state index in [1.54, 1.807) is 25.3 Å². The molecule has 1 atom stereocenters. The zero-order valence-electron chi connectivity index (χ0n) is 14.7. The maximum absolute atomic E-state index is 12.1. The number of aryl methyl sites for hydroxylation is 1. The minimum absolute atomic E-state index is 0.164. The second-order valence-corrected chi connectivity index (χ2v) is 6.15. The van der Waals surface area contributed by atoms with Crippen molar-refractivity contribution in [3.8, 4) is 5.75 Å². The summed E-state index contributed by atoms with van der Waals surface area (Å²) >= 11 is 0. The number of hydrazine groups is 1. The Balaban J connectivity index is 1.50. The Morgan fingerprint density at radius 2 is 1.81 bits per heavy atom. The monoisotopic (exact) mass is 351 g/mol. The van der Waals surface area contributed by atoms with Crippen LogP contribution in [0, 0.1) is 6.92 Å². The van der Waals surface area contributed by atoms with E-state index in [0.29, 0.717) is 5.75 Å². The molecule has 0 saturated heterocycles. The highest BCUT2D eigenvalue weighted by Crippen LogP contribution is 2.18. The molecule has 26 heavy (non-hydrogen) atoms. The number of para-hydroxylation sites is 1. The first-order chi connectivity index (χ1) is 12.5. The molecule has 3 N–H and O–H groups in total. The Kier molecular flexibility index (Phi) is 5.22. The molecule has 0 aliphatic heterocycles. The summed E-state index contributed by atoms with van der Waals surface area (Å²) in [6.45, 7) is 3.60. The van der Waals surface area contributed by atoms with Crippen molar-refractivity contribution < 1.29 is 14.3 Å². The highest BCUT2D eigenvalue weighted by atomic mass is 16.5. The molecular weight excluding hydrogens is 330 g/mol. The average molecular weight is 351 g/mol. The molecule has 0 aliphatic rings. The van der Waals surface area contributed by atoms with Crippen LogP contribution < -0.4 is 15.6 Å². The van der Waals surface area contributed by atoms with E-state index in [1.165, 1.54) is 0 Å². The van der Waals surface area contributed by atoms with Gasteiger partial charge in [-0.2, -0.15) is 0 Å². The fourth-order valence-corrected chi connectivity index (χ4v) is 2.60. The number of H-pyrrole nitrogens is 1. The van der Waals surface area contributed by atoms with Gasteiger partial charge in [0, 0.05) is 17.1 Å². The van der Waals surface area contributed by atoms with Crippen molar-refractivity contribution in [2.24, 2.45) is 0 Å². The van der Waals surface area contributed by atoms with Crippen LogP contribution in [-0.2, 0) is 16.0 Å². The molecule has 0 bridgehead atoms. The number of benzene rings is 2. The lowest BCUT2D eigenvalue weighted by molar-refractivity contribution is -0.132. The van der Waals surface area contributed by atoms with Crippen LogP contribution in [0.5, 0.6) is 5.75 Å². The molecule has 0 saturated carbocycles. The van der Waals surface area contributed by atoms with Crippen LogP contribution in [0.15, 0.2) is 54.7 Å². The molecule has 134 valence electrons. The van der Waals surface area contributed by atoms with Gasteiger partial charge in [-0.25, -0.2) is 0 Å². The van der Waals surface area contributed by atoms with E-state index in [2.05, 4.69) is 15.8 Å². The van der Waals surface area contributed by atoms with Crippen molar-refractivity contribution in [3.63, 3.8) is 0 Å². The first kappa shape index (κ1) is 17.5. The van der Waals surface area contributed by atoms with E-state index < -0.39 is 12.0 Å². The fourth-order valence-electron chi connectivity index (χ4n) is 2.60. The van der Waals surface area contributed by atoms with Crippen molar-refractivity contribution in [2.75, 3.05) is 0 Å². The summed E-state index contributed by atoms with van der Waals surface area (Å²) in [5.41, 5.74) is 7.78. The number of amides is 2. The molecule has 0 aliphatic carbocycles. The van der Waals surface area contributed by atoms with Gasteiger partial charge >= 0.3 is 0 Å². The van der Waals surface area contributed by atoms with Crippen molar-refractivity contribution >= 4 is 22.7 Å². The number of ether oxygens (including phenoxy) is 1. The first-order valence-corrected chi connectivity index (χ1v) is 8.40. The Labute approximate surface area is 151 Å². The van der Waals surface area contributed by atoms with Crippen molar-refractivity contribution in [1.29, 1.82) is 0 Å². The normalized spacial score (nSPS) is 11.8. The largest absolute Gasteiger partial charge is 0.481 e. The van der Waals surface area contributed by atoms with Crippen LogP contribution >= 0.6 is 0 Å². The van der Waals surface area contributed by atoms with Crippen LogP contribution in [0.25, 0.3) is 10.9 Å². The summed E-state index contributed by atoms with van der Waals surface area (Å²) in [5, 5.41) is 0.991. The van der Waals surface area contributed by atoms with Gasteiger partial charge in [-0.05, 0) is 37.6 Å². The minimum atomic E-state index is -0.730. The second kappa shape index (κ2) is 7.74. The predicted octanol–water partition coefficient (Wildman–Crippen LogP) is 2.63. The van der Waals surface area contributed by atoms with E-state index in [0.717, 1.165) is 22.0 Å². The standard InChI is InChI=1S/C20H21N3O3/c1-13-7-9-16(10-8-13)26-14(2)20(25)23-22-19(24)11-15-12-21-18-6-4-3-5-17(15)18/h3-10,12,14,21H,11H2,1-2H3,(H,22,24)(H,23,25). The fraction of sp³-hybridized carbons (Fsp3) is 0.200. The number of nitrogens with one attached hydrogen (secondary N) is 3. The van der Waals surface area contributed by atoms with Gasteiger partial charge in [-0.3, -0.25) is 20.4 Å². The van der Waals surface area contributed by atoms with Crippen molar-refractivity contribution in [2.45, 2.75) is 26.4 Å². The van der Waals surface area contributed by atoms with Gasteiger partial charge in [-0.1, -0.05) is 35.9 Å². The molecule has 1 unspecified atom stereocenters. The summed E-state index contributed by atoms with van der Waals surface area (Å²) in [4.78, 5) is 27.3. The Morgan fingerprint density at radius 3 is 2.58 bits per heavy atom. The molecule has 1 aromatic heterocycles. The number of carbonyl (C=O) groups excluding carboxylic acids is 2. The maximum atomic E-state index is 12.1. The van der Waals surface area contributed by atoms with Gasteiger partial charge in [0.1, 0.15) is 5.75 Å². The lowest BCUT2D eigenvalue weighted by Crippen LogP contribution is -2.47. The van der Waals surface area contributed by atoms with Gasteiger partial charge in [0.15, 0.2) is 6.10 Å². The van der Waals surface area contributed by atoms with Crippen LogP contribution in [0.2, 0.25) is 0 Å². The average Bonchev–Trinajstić information content (AvgIpc) is 3.04. The summed E-state index contributed by atoms with van der Waals surface area (Å²) in [7, 11) is 0. The Hall–Kier alpha value is -3.28. The molecule has 2 amide bonds. The van der Waals surface area contributed by atoms with E-state index in [4.69, 9.17) is 4.74 Å². The number of carbonyl (C=O) groups is 2. The summed E-state index contributed by atoms with van der Waals surface area (Å²) in [6.07, 6.45) is 1.23. The second-order valence-electron chi connectivity index (χ2n) is 6.15. The lowest BCUT2D eigenvalue weighted by atomic mass is 10.1. The van der Waals surface area contributed by atoms with E-state index in [-0.39, 0.29) is 12.3 Å². The number of aromatic amines is 1. The van der Waals surface area contributed by atoms with E-state index in [9.17, 15) is 9.59 Å². The summed E-state index contributed by atoms with van der Waals surface area (Å²) in [6, 6.07) is 15.2. The molecule has 2 aromatic carbocycles. The number of rotatable bonds is 5. The van der Waals surface area contributed by atoms with Crippen molar-refractivity contribution in [1.82, 2.24) is 15.8 Å². The van der Waals surface area contributed by atoms with Gasteiger partial charge < -0.3 is 9.72 Å². The molecule has 3 aromatic rings. The van der Waals surface area contributed by atoms with Gasteiger partial charge in [0.2, 0.25) is 5.91 Å². The highest BCUT2D eigenvalue weighted by Gasteiger charge is 2.16. The third-order valence-electron chi connectivity index (χ3n) is 4.05. The number of aromatic nitrogens is 1. The van der Waals surface area contributed by atoms with E-state index >= 15 is 0 Å². The number of hydrogen-bond donors (Lipinski definition) is 3. The number of hydrogen-bond acceptors (Lipinski definition) is 3. The maximum Gasteiger partial charge on any atom is 0.279 e. The van der Waals surface area contributed by atoms with Crippen LogP contribution in [0.4, 0.5) is 0 Å². The van der Waals surface area contributed by atoms with Crippen LogP contribution in [0.1, 0.15) is 18.1 Å². The quantitative estimate of drug-likeness (QED) is 0.618. The van der Waals surface area contributed by atoms with Gasteiger partial charge in [-0.15, -0.1) is 0 Å². The molecule has 1 heterocycles. The van der Waals surface area contributed by atoms with Gasteiger partial charge in [0.05, 0.1) is 6.42 Å². The van der Waals surface area contributed by atoms with Gasteiger partial charge in [0.25, 0.3) is 5.91 Å². The molecule has 3 rings (SSSR count). The topological polar surface area (TPSA) is 83.2 Å². The smallest absolute Gasteiger partial charge is 0.279 e. The molecule has 0 radical (unpaired) electrons. The van der Waals surface area contributed by atoms with Crippen LogP contribution in [-0.4, -0.2) is 22.9 Å². The summed E-state index contributed by atoms with van der Waals surface area (Å²) in [5.74, 6) is -0.119. The van der Waals surface area contributed by atoms with Crippen LogP contribution in [0.3, 0.4) is 0 Å².